The van der Waals surface area contributed by atoms with Crippen molar-refractivity contribution in [2.24, 2.45) is 5.73 Å². The molecule has 0 radical (unpaired) electrons. The third-order valence-electron chi connectivity index (χ3n) is 2.05. The summed E-state index contributed by atoms with van der Waals surface area (Å²) in [5.41, 5.74) is 5.91. The van der Waals surface area contributed by atoms with Gasteiger partial charge in [-0.1, -0.05) is 11.6 Å². The summed E-state index contributed by atoms with van der Waals surface area (Å²) in [6.07, 6.45) is 3.39. The number of thiophene rings is 1. The molecule has 1 amide bonds. The minimum atomic E-state index is -0.412. The molecule has 90 valence electrons. The summed E-state index contributed by atoms with van der Waals surface area (Å²) in [6, 6.07) is 3.83. The highest BCUT2D eigenvalue weighted by atomic mass is 35.5. The second kappa shape index (κ2) is 5.20. The lowest BCUT2D eigenvalue weighted by atomic mass is 10.4. The molecular weight excluding hydrogens is 260 g/mol. The van der Waals surface area contributed by atoms with Crippen molar-refractivity contribution in [3.63, 3.8) is 0 Å². The Kier molecular flexibility index (Phi) is 3.65. The van der Waals surface area contributed by atoms with Crippen LogP contribution in [0, 0.1) is 0 Å². The van der Waals surface area contributed by atoms with Gasteiger partial charge in [0.2, 0.25) is 5.91 Å². The summed E-state index contributed by atoms with van der Waals surface area (Å²) < 4.78 is 2.26. The highest BCUT2D eigenvalue weighted by molar-refractivity contribution is 7.16. The summed E-state index contributed by atoms with van der Waals surface area (Å²) in [4.78, 5) is 11.8. The van der Waals surface area contributed by atoms with E-state index < -0.39 is 5.91 Å². The first-order valence-electron chi connectivity index (χ1n) is 4.92. The molecule has 0 aliphatic carbocycles. The summed E-state index contributed by atoms with van der Waals surface area (Å²) in [5.74, 6) is -0.412. The second-order valence-electron chi connectivity index (χ2n) is 3.45. The van der Waals surface area contributed by atoms with Gasteiger partial charge in [0.05, 0.1) is 16.2 Å². The van der Waals surface area contributed by atoms with E-state index in [1.54, 1.807) is 12.4 Å². The van der Waals surface area contributed by atoms with Gasteiger partial charge in [-0.2, -0.15) is 5.10 Å². The fourth-order valence-electron chi connectivity index (χ4n) is 1.34. The van der Waals surface area contributed by atoms with Gasteiger partial charge < -0.3 is 11.1 Å². The van der Waals surface area contributed by atoms with Crippen molar-refractivity contribution in [1.29, 1.82) is 0 Å². The summed E-state index contributed by atoms with van der Waals surface area (Å²) >= 11 is 7.35. The number of halogens is 1. The second-order valence-corrected chi connectivity index (χ2v) is 5.25. The first-order valence-corrected chi connectivity index (χ1v) is 6.12. The summed E-state index contributed by atoms with van der Waals surface area (Å²) in [5, 5.41) is 7.19. The van der Waals surface area contributed by atoms with Gasteiger partial charge in [-0.15, -0.1) is 11.3 Å². The Morgan fingerprint density at radius 1 is 1.59 bits per heavy atom. The van der Waals surface area contributed by atoms with Crippen LogP contribution in [0.15, 0.2) is 24.5 Å². The average molecular weight is 271 g/mol. The molecule has 17 heavy (non-hydrogen) atoms. The maximum atomic E-state index is 10.7. The molecule has 0 aliphatic rings. The third-order valence-corrected chi connectivity index (χ3v) is 3.28. The number of anilines is 1. The predicted molar refractivity (Wildman–Crippen MR) is 68.1 cm³/mol. The fraction of sp³-hybridized carbons (Fsp3) is 0.200. The molecule has 7 heteroatoms. The molecule has 0 bridgehead atoms. The lowest BCUT2D eigenvalue weighted by Gasteiger charge is -2.00. The number of rotatable bonds is 5. The number of hydrogen-bond acceptors (Lipinski definition) is 4. The number of nitrogens with two attached hydrogens (primary N) is 1. The van der Waals surface area contributed by atoms with Gasteiger partial charge in [-0.25, -0.2) is 0 Å². The predicted octanol–water partition coefficient (Wildman–Crippen LogP) is 1.70. The highest BCUT2D eigenvalue weighted by Gasteiger charge is 2.02. The van der Waals surface area contributed by atoms with Gasteiger partial charge in [0, 0.05) is 17.6 Å². The molecule has 2 rings (SSSR count). The Bertz CT molecular complexity index is 522. The number of amides is 1. The fourth-order valence-corrected chi connectivity index (χ4v) is 2.36. The van der Waals surface area contributed by atoms with E-state index in [9.17, 15) is 4.79 Å². The first kappa shape index (κ1) is 11.9. The number of nitrogens with zero attached hydrogens (tertiary/aromatic N) is 2. The third kappa shape index (κ3) is 3.47. The quantitative estimate of drug-likeness (QED) is 0.868. The van der Waals surface area contributed by atoms with Crippen molar-refractivity contribution in [1.82, 2.24) is 9.78 Å². The van der Waals surface area contributed by atoms with E-state index in [2.05, 4.69) is 10.4 Å². The molecule has 2 heterocycles. The average Bonchev–Trinajstić information content (AvgIpc) is 2.84. The molecule has 0 spiro atoms. The topological polar surface area (TPSA) is 72.9 Å². The van der Waals surface area contributed by atoms with Crippen LogP contribution in [0.25, 0.3) is 0 Å². The van der Waals surface area contributed by atoms with E-state index >= 15 is 0 Å². The van der Waals surface area contributed by atoms with Gasteiger partial charge in [-0.3, -0.25) is 9.48 Å². The molecule has 0 fully saturated rings. The van der Waals surface area contributed by atoms with E-state index in [1.807, 2.05) is 12.1 Å². The smallest absolute Gasteiger partial charge is 0.239 e. The Hall–Kier alpha value is -1.53. The SMILES string of the molecule is NC(=O)Cn1cc(NCc2ccc(Cl)s2)cn1. The molecule has 2 aromatic heterocycles. The van der Waals surface area contributed by atoms with E-state index in [1.165, 1.54) is 16.0 Å². The normalized spacial score (nSPS) is 10.4. The maximum absolute atomic E-state index is 10.7. The Morgan fingerprint density at radius 2 is 2.41 bits per heavy atom. The van der Waals surface area contributed by atoms with Crippen molar-refractivity contribution in [3.8, 4) is 0 Å². The lowest BCUT2D eigenvalue weighted by molar-refractivity contribution is -0.118. The van der Waals surface area contributed by atoms with Crippen LogP contribution in [0.4, 0.5) is 5.69 Å². The number of carbonyl (C=O) groups excluding carboxylic acids is 1. The number of hydrogen-bond donors (Lipinski definition) is 2. The zero-order valence-electron chi connectivity index (χ0n) is 8.89. The minimum Gasteiger partial charge on any atom is -0.378 e. The van der Waals surface area contributed by atoms with Crippen LogP contribution in [-0.2, 0) is 17.9 Å². The van der Waals surface area contributed by atoms with Gasteiger partial charge in [-0.05, 0) is 12.1 Å². The molecule has 5 nitrogen and oxygen atoms in total. The van der Waals surface area contributed by atoms with Crippen molar-refractivity contribution < 1.29 is 4.79 Å². The van der Waals surface area contributed by atoms with Crippen LogP contribution in [-0.4, -0.2) is 15.7 Å². The number of primary amides is 1. The van der Waals surface area contributed by atoms with E-state index in [0.29, 0.717) is 6.54 Å². The zero-order valence-corrected chi connectivity index (χ0v) is 10.5. The van der Waals surface area contributed by atoms with Crippen molar-refractivity contribution in [2.45, 2.75) is 13.1 Å². The first-order chi connectivity index (χ1) is 8.13. The van der Waals surface area contributed by atoms with E-state index in [-0.39, 0.29) is 6.54 Å². The largest absolute Gasteiger partial charge is 0.378 e. The van der Waals surface area contributed by atoms with Gasteiger partial charge in [0.25, 0.3) is 0 Å². The van der Waals surface area contributed by atoms with Crippen molar-refractivity contribution >= 4 is 34.5 Å². The van der Waals surface area contributed by atoms with Crippen LogP contribution in [0.3, 0.4) is 0 Å². The monoisotopic (exact) mass is 270 g/mol. The van der Waals surface area contributed by atoms with Crippen LogP contribution >= 0.6 is 22.9 Å². The zero-order chi connectivity index (χ0) is 12.3. The molecule has 0 unspecified atom stereocenters. The van der Waals surface area contributed by atoms with Gasteiger partial charge in [0.15, 0.2) is 0 Å². The van der Waals surface area contributed by atoms with Crippen LogP contribution < -0.4 is 11.1 Å². The Labute approximate surface area is 107 Å². The Morgan fingerprint density at radius 3 is 3.06 bits per heavy atom. The van der Waals surface area contributed by atoms with Gasteiger partial charge in [0.1, 0.15) is 6.54 Å². The van der Waals surface area contributed by atoms with Crippen LogP contribution in [0.1, 0.15) is 4.88 Å². The number of carbonyl (C=O) groups is 1. The number of aromatic nitrogens is 2. The molecule has 0 atom stereocenters. The van der Waals surface area contributed by atoms with Gasteiger partial charge >= 0.3 is 0 Å². The van der Waals surface area contributed by atoms with Crippen LogP contribution in [0.5, 0.6) is 0 Å². The Balaban J connectivity index is 1.91. The lowest BCUT2D eigenvalue weighted by Crippen LogP contribution is -2.18. The van der Waals surface area contributed by atoms with E-state index in [0.717, 1.165) is 14.9 Å². The molecule has 0 aromatic carbocycles. The molecule has 0 saturated heterocycles. The molecule has 0 aliphatic heterocycles. The number of nitrogens with one attached hydrogen (secondary N) is 1. The van der Waals surface area contributed by atoms with Crippen molar-refractivity contribution in [2.75, 3.05) is 5.32 Å². The maximum Gasteiger partial charge on any atom is 0.239 e. The molecule has 0 saturated carbocycles. The summed E-state index contributed by atoms with van der Waals surface area (Å²) in [7, 11) is 0. The standard InChI is InChI=1S/C10H11ClN4OS/c11-9-2-1-8(17-9)4-13-7-3-14-15(5-7)6-10(12)16/h1-3,5,13H,4,6H2,(H2,12,16). The molecular formula is C10H11ClN4OS. The molecule has 3 N–H and O–H groups in total. The van der Waals surface area contributed by atoms with Crippen molar-refractivity contribution in [3.05, 3.63) is 33.7 Å². The van der Waals surface area contributed by atoms with Crippen LogP contribution in [0.2, 0.25) is 4.34 Å². The summed E-state index contributed by atoms with van der Waals surface area (Å²) in [6.45, 7) is 0.770. The van der Waals surface area contributed by atoms with E-state index in [4.69, 9.17) is 17.3 Å². The molecule has 2 aromatic rings. The highest BCUT2D eigenvalue weighted by Crippen LogP contribution is 2.22. The minimum absolute atomic E-state index is 0.0898.